The van der Waals surface area contributed by atoms with Gasteiger partial charge in [-0.1, -0.05) is 42.5 Å². The van der Waals surface area contributed by atoms with Crippen LogP contribution in [0.2, 0.25) is 0 Å². The predicted molar refractivity (Wildman–Crippen MR) is 123 cm³/mol. The number of nitrogens with zero attached hydrogens (tertiary/aromatic N) is 1. The summed E-state index contributed by atoms with van der Waals surface area (Å²) in [6.45, 7) is 5.60. The molecular formula is C26H28N2O4. The van der Waals surface area contributed by atoms with Crippen molar-refractivity contribution in [3.63, 3.8) is 0 Å². The number of nitrogens with one attached hydrogen (secondary N) is 1. The lowest BCUT2D eigenvalue weighted by atomic mass is 10.1. The Labute approximate surface area is 188 Å². The van der Waals surface area contributed by atoms with Crippen molar-refractivity contribution in [1.82, 2.24) is 9.88 Å². The van der Waals surface area contributed by atoms with Gasteiger partial charge in [0.2, 0.25) is 5.91 Å². The van der Waals surface area contributed by atoms with Crippen molar-refractivity contribution in [2.75, 3.05) is 13.2 Å². The van der Waals surface area contributed by atoms with Gasteiger partial charge in [-0.05, 0) is 50.5 Å². The van der Waals surface area contributed by atoms with E-state index in [0.717, 1.165) is 35.5 Å². The number of carbonyl (C=O) groups excluding carboxylic acids is 3. The van der Waals surface area contributed by atoms with Gasteiger partial charge in [-0.15, -0.1) is 0 Å². The standard InChI is InChI=1S/C26H28N2O4/c1-18-16-24(19(2)28(18)23-9-5-4-6-10-23)26(31)32-17-25(30)22-13-11-21(12-14-22)8-7-15-27-20(3)29/h4-6,9-14,16H,7-8,15,17H2,1-3H3,(H,27,29). The zero-order valence-corrected chi connectivity index (χ0v) is 18.7. The lowest BCUT2D eigenvalue weighted by molar-refractivity contribution is -0.118. The van der Waals surface area contributed by atoms with Gasteiger partial charge in [0.05, 0.1) is 5.56 Å². The van der Waals surface area contributed by atoms with E-state index in [4.69, 9.17) is 4.74 Å². The van der Waals surface area contributed by atoms with Crippen LogP contribution >= 0.6 is 0 Å². The molecule has 2 aromatic carbocycles. The topological polar surface area (TPSA) is 77.4 Å². The zero-order valence-electron chi connectivity index (χ0n) is 18.7. The predicted octanol–water partition coefficient (Wildman–Crippen LogP) is 4.20. The van der Waals surface area contributed by atoms with Crippen LogP contribution in [0.4, 0.5) is 0 Å². The van der Waals surface area contributed by atoms with E-state index in [9.17, 15) is 14.4 Å². The molecule has 0 radical (unpaired) electrons. The highest BCUT2D eigenvalue weighted by Crippen LogP contribution is 2.21. The molecule has 6 nitrogen and oxygen atoms in total. The minimum atomic E-state index is -0.511. The highest BCUT2D eigenvalue weighted by molar-refractivity contribution is 5.99. The number of benzene rings is 2. The highest BCUT2D eigenvalue weighted by Gasteiger charge is 2.19. The summed E-state index contributed by atoms with van der Waals surface area (Å²) in [6.07, 6.45) is 1.63. The third-order valence-electron chi connectivity index (χ3n) is 5.29. The average Bonchev–Trinajstić information content (AvgIpc) is 3.09. The Balaban J connectivity index is 1.57. The molecule has 1 heterocycles. The number of para-hydroxylation sites is 1. The van der Waals surface area contributed by atoms with Crippen LogP contribution in [-0.4, -0.2) is 35.4 Å². The van der Waals surface area contributed by atoms with Crippen molar-refractivity contribution in [3.05, 3.63) is 88.7 Å². The number of hydrogen-bond acceptors (Lipinski definition) is 4. The SMILES string of the molecule is CC(=O)NCCCc1ccc(C(=O)COC(=O)c2cc(C)n(-c3ccccc3)c2C)cc1. The van der Waals surface area contributed by atoms with Crippen molar-refractivity contribution in [1.29, 1.82) is 0 Å². The maximum atomic E-state index is 12.6. The third-order valence-corrected chi connectivity index (χ3v) is 5.29. The molecule has 0 saturated heterocycles. The Morgan fingerprint density at radius 1 is 0.969 bits per heavy atom. The first kappa shape index (κ1) is 23.0. The lowest BCUT2D eigenvalue weighted by Gasteiger charge is -2.10. The van der Waals surface area contributed by atoms with Crippen molar-refractivity contribution in [3.8, 4) is 5.69 Å². The fraction of sp³-hybridized carbons (Fsp3) is 0.269. The van der Waals surface area contributed by atoms with E-state index in [1.165, 1.54) is 6.92 Å². The minimum Gasteiger partial charge on any atom is -0.454 e. The molecule has 0 fully saturated rings. The number of ketones is 1. The first-order valence-corrected chi connectivity index (χ1v) is 10.6. The summed E-state index contributed by atoms with van der Waals surface area (Å²) >= 11 is 0. The van der Waals surface area contributed by atoms with Gasteiger partial charge in [0.15, 0.2) is 12.4 Å². The van der Waals surface area contributed by atoms with Gasteiger partial charge in [0, 0.05) is 36.1 Å². The van der Waals surface area contributed by atoms with Crippen LogP contribution in [-0.2, 0) is 16.0 Å². The number of aromatic nitrogens is 1. The largest absolute Gasteiger partial charge is 0.454 e. The number of aryl methyl sites for hydroxylation is 2. The lowest BCUT2D eigenvalue weighted by Crippen LogP contribution is -2.21. The van der Waals surface area contributed by atoms with Gasteiger partial charge in [0.25, 0.3) is 0 Å². The Morgan fingerprint density at radius 2 is 1.66 bits per heavy atom. The molecule has 1 N–H and O–H groups in total. The quantitative estimate of drug-likeness (QED) is 0.312. The number of carbonyl (C=O) groups is 3. The minimum absolute atomic E-state index is 0.0394. The number of Topliss-reactive ketones (excluding diaryl/α,β-unsaturated/α-hetero) is 1. The maximum Gasteiger partial charge on any atom is 0.340 e. The second-order valence-electron chi connectivity index (χ2n) is 7.74. The molecule has 0 aliphatic heterocycles. The van der Waals surface area contributed by atoms with Crippen LogP contribution in [0.5, 0.6) is 0 Å². The molecule has 0 aliphatic carbocycles. The number of esters is 1. The molecule has 1 aromatic heterocycles. The van der Waals surface area contributed by atoms with Gasteiger partial charge >= 0.3 is 5.97 Å². The van der Waals surface area contributed by atoms with Crippen molar-refractivity contribution >= 4 is 17.7 Å². The second kappa shape index (κ2) is 10.6. The Kier molecular flexibility index (Phi) is 7.60. The van der Waals surface area contributed by atoms with Crippen LogP contribution in [0, 0.1) is 13.8 Å². The number of ether oxygens (including phenoxy) is 1. The summed E-state index contributed by atoms with van der Waals surface area (Å²) in [5.41, 5.74) is 4.69. The molecule has 6 heteroatoms. The molecule has 0 saturated carbocycles. The normalized spacial score (nSPS) is 10.6. The van der Waals surface area contributed by atoms with Crippen LogP contribution < -0.4 is 5.32 Å². The Morgan fingerprint density at radius 3 is 2.31 bits per heavy atom. The molecule has 32 heavy (non-hydrogen) atoms. The number of hydrogen-bond donors (Lipinski definition) is 1. The second-order valence-corrected chi connectivity index (χ2v) is 7.74. The molecule has 0 spiro atoms. The summed E-state index contributed by atoms with van der Waals surface area (Å²) in [4.78, 5) is 36.0. The molecule has 0 aliphatic rings. The van der Waals surface area contributed by atoms with Crippen molar-refractivity contribution < 1.29 is 19.1 Å². The van der Waals surface area contributed by atoms with Crippen LogP contribution in [0.1, 0.15) is 51.0 Å². The molecule has 1 amide bonds. The molecule has 0 atom stereocenters. The first-order valence-electron chi connectivity index (χ1n) is 10.6. The van der Waals surface area contributed by atoms with Gasteiger partial charge in [-0.3, -0.25) is 9.59 Å². The Hall–Kier alpha value is -3.67. The van der Waals surface area contributed by atoms with Gasteiger partial charge in [0.1, 0.15) is 0 Å². The number of amides is 1. The fourth-order valence-corrected chi connectivity index (χ4v) is 3.65. The number of rotatable bonds is 9. The van der Waals surface area contributed by atoms with Crippen LogP contribution in [0.3, 0.4) is 0 Å². The molecule has 0 bridgehead atoms. The van der Waals surface area contributed by atoms with Crippen molar-refractivity contribution in [2.45, 2.75) is 33.6 Å². The van der Waals surface area contributed by atoms with Gasteiger partial charge in [-0.2, -0.15) is 0 Å². The van der Waals surface area contributed by atoms with E-state index in [1.54, 1.807) is 18.2 Å². The van der Waals surface area contributed by atoms with Crippen LogP contribution in [0.25, 0.3) is 5.69 Å². The maximum absolute atomic E-state index is 12.6. The average molecular weight is 433 g/mol. The van der Waals surface area contributed by atoms with Gasteiger partial charge < -0.3 is 14.6 Å². The molecule has 3 aromatic rings. The zero-order chi connectivity index (χ0) is 23.1. The molecular weight excluding hydrogens is 404 g/mol. The molecule has 3 rings (SSSR count). The fourth-order valence-electron chi connectivity index (χ4n) is 3.65. The molecule has 0 unspecified atom stereocenters. The van der Waals surface area contributed by atoms with Crippen molar-refractivity contribution in [2.24, 2.45) is 0 Å². The summed E-state index contributed by atoms with van der Waals surface area (Å²) < 4.78 is 7.31. The summed E-state index contributed by atoms with van der Waals surface area (Å²) in [6, 6.07) is 18.8. The monoisotopic (exact) mass is 432 g/mol. The van der Waals surface area contributed by atoms with E-state index in [1.807, 2.05) is 60.9 Å². The summed E-state index contributed by atoms with van der Waals surface area (Å²) in [7, 11) is 0. The van der Waals surface area contributed by atoms with E-state index in [2.05, 4.69) is 5.32 Å². The van der Waals surface area contributed by atoms with Gasteiger partial charge in [-0.25, -0.2) is 4.79 Å². The van der Waals surface area contributed by atoms with E-state index in [-0.39, 0.29) is 18.3 Å². The van der Waals surface area contributed by atoms with E-state index >= 15 is 0 Å². The summed E-state index contributed by atoms with van der Waals surface area (Å²) in [5, 5.41) is 2.76. The first-order chi connectivity index (χ1) is 15.4. The summed E-state index contributed by atoms with van der Waals surface area (Å²) in [5.74, 6) is -0.800. The third kappa shape index (κ3) is 5.72. The Bertz CT molecular complexity index is 1100. The van der Waals surface area contributed by atoms with E-state index < -0.39 is 5.97 Å². The van der Waals surface area contributed by atoms with E-state index in [0.29, 0.717) is 17.7 Å². The van der Waals surface area contributed by atoms with Crippen LogP contribution in [0.15, 0.2) is 60.7 Å². The molecule has 166 valence electrons. The highest BCUT2D eigenvalue weighted by atomic mass is 16.5. The smallest absolute Gasteiger partial charge is 0.340 e.